The van der Waals surface area contributed by atoms with Crippen molar-refractivity contribution in [2.45, 2.75) is 33.1 Å². The van der Waals surface area contributed by atoms with Crippen molar-refractivity contribution < 1.29 is 14.3 Å². The Labute approximate surface area is 211 Å². The smallest absolute Gasteiger partial charge is 0.229 e. The second-order valence-corrected chi connectivity index (χ2v) is 9.13. The molecule has 0 unspecified atom stereocenters. The highest BCUT2D eigenvalue weighted by atomic mass is 16.5. The molecule has 1 aliphatic heterocycles. The van der Waals surface area contributed by atoms with E-state index in [1.807, 2.05) is 65.6 Å². The van der Waals surface area contributed by atoms with Crippen LogP contribution in [0.1, 0.15) is 31.4 Å². The van der Waals surface area contributed by atoms with E-state index >= 15 is 0 Å². The number of carbonyl (C=O) groups is 2. The zero-order valence-corrected chi connectivity index (χ0v) is 20.7. The predicted octanol–water partition coefficient (Wildman–Crippen LogP) is 6.75. The van der Waals surface area contributed by atoms with Gasteiger partial charge < -0.3 is 15.0 Å². The summed E-state index contributed by atoms with van der Waals surface area (Å²) in [6.45, 7) is 4.59. The molecule has 36 heavy (non-hydrogen) atoms. The summed E-state index contributed by atoms with van der Waals surface area (Å²) in [5, 5.41) is 5.14. The van der Waals surface area contributed by atoms with Gasteiger partial charge in [-0.1, -0.05) is 68.4 Å². The number of fused-ring (bicyclic) bond motifs is 1. The van der Waals surface area contributed by atoms with Crippen LogP contribution >= 0.6 is 0 Å². The van der Waals surface area contributed by atoms with Crippen LogP contribution in [0.3, 0.4) is 0 Å². The fourth-order valence-corrected chi connectivity index (χ4v) is 4.92. The van der Waals surface area contributed by atoms with Crippen LogP contribution < -0.4 is 15.0 Å². The number of benzene rings is 4. The number of amides is 2. The molecule has 0 bridgehead atoms. The van der Waals surface area contributed by atoms with Gasteiger partial charge in [0.15, 0.2) is 0 Å². The van der Waals surface area contributed by atoms with Crippen LogP contribution in [0, 0.1) is 5.92 Å². The lowest BCUT2D eigenvalue weighted by molar-refractivity contribution is -0.122. The Morgan fingerprint density at radius 1 is 0.889 bits per heavy atom. The standard InChI is InChI=1S/C31H30N2O3/c1-3-21-10-7-11-22(4-2)30(21)33-20-24(19-29(33)34)31(35)32-25-15-17-26(18-16-25)36-28-14-8-12-23-9-5-6-13-27(23)28/h5-18,24H,3-4,19-20H2,1-2H3,(H,32,35)/t24-/m0/s1. The lowest BCUT2D eigenvalue weighted by atomic mass is 10.0. The number of carbonyl (C=O) groups excluding carboxylic acids is 2. The minimum atomic E-state index is -0.390. The molecule has 0 radical (unpaired) electrons. The number of para-hydroxylation sites is 1. The van der Waals surface area contributed by atoms with Crippen LogP contribution in [0.5, 0.6) is 11.5 Å². The van der Waals surface area contributed by atoms with E-state index in [1.165, 1.54) is 0 Å². The van der Waals surface area contributed by atoms with Crippen LogP contribution in [0.2, 0.25) is 0 Å². The monoisotopic (exact) mass is 478 g/mol. The number of hydrogen-bond donors (Lipinski definition) is 1. The molecule has 1 heterocycles. The van der Waals surface area contributed by atoms with E-state index in [9.17, 15) is 9.59 Å². The summed E-state index contributed by atoms with van der Waals surface area (Å²) in [6, 6.07) is 27.6. The maximum atomic E-state index is 13.0. The van der Waals surface area contributed by atoms with Gasteiger partial charge in [0.05, 0.1) is 5.92 Å². The van der Waals surface area contributed by atoms with E-state index in [0.29, 0.717) is 18.0 Å². The number of hydrogen-bond acceptors (Lipinski definition) is 3. The van der Waals surface area contributed by atoms with E-state index in [4.69, 9.17) is 4.74 Å². The average molecular weight is 479 g/mol. The Morgan fingerprint density at radius 2 is 1.56 bits per heavy atom. The lowest BCUT2D eigenvalue weighted by Crippen LogP contribution is -2.29. The maximum Gasteiger partial charge on any atom is 0.229 e. The molecule has 1 atom stereocenters. The normalized spacial score (nSPS) is 15.3. The van der Waals surface area contributed by atoms with Crippen molar-refractivity contribution in [3.63, 3.8) is 0 Å². The fourth-order valence-electron chi connectivity index (χ4n) is 4.92. The van der Waals surface area contributed by atoms with E-state index in [-0.39, 0.29) is 18.2 Å². The summed E-state index contributed by atoms with van der Waals surface area (Å²) in [5.41, 5.74) is 3.95. The molecule has 0 aliphatic carbocycles. The molecular weight excluding hydrogens is 448 g/mol. The zero-order chi connectivity index (χ0) is 25.1. The van der Waals surface area contributed by atoms with Gasteiger partial charge in [-0.3, -0.25) is 9.59 Å². The molecule has 2 amide bonds. The minimum Gasteiger partial charge on any atom is -0.457 e. The van der Waals surface area contributed by atoms with Crippen molar-refractivity contribution >= 4 is 34.0 Å². The van der Waals surface area contributed by atoms with Crippen LogP contribution in [0.4, 0.5) is 11.4 Å². The highest BCUT2D eigenvalue weighted by Gasteiger charge is 2.36. The van der Waals surface area contributed by atoms with Gasteiger partial charge in [0.1, 0.15) is 11.5 Å². The number of nitrogens with one attached hydrogen (secondary N) is 1. The van der Waals surface area contributed by atoms with Gasteiger partial charge in [0, 0.05) is 29.7 Å². The second kappa shape index (κ2) is 10.2. The maximum absolute atomic E-state index is 13.0. The van der Waals surface area contributed by atoms with Gasteiger partial charge in [0.2, 0.25) is 11.8 Å². The first-order chi connectivity index (χ1) is 17.6. The fraction of sp³-hybridized carbons (Fsp3) is 0.226. The summed E-state index contributed by atoms with van der Waals surface area (Å²) in [7, 11) is 0. The Kier molecular flexibility index (Phi) is 6.72. The minimum absolute atomic E-state index is 0.00425. The summed E-state index contributed by atoms with van der Waals surface area (Å²) >= 11 is 0. The van der Waals surface area contributed by atoms with Crippen molar-refractivity contribution in [1.29, 1.82) is 0 Å². The first-order valence-corrected chi connectivity index (χ1v) is 12.5. The van der Waals surface area contributed by atoms with E-state index in [0.717, 1.165) is 46.2 Å². The molecule has 4 aromatic carbocycles. The van der Waals surface area contributed by atoms with Gasteiger partial charge in [-0.25, -0.2) is 0 Å². The van der Waals surface area contributed by atoms with Gasteiger partial charge in [-0.05, 0) is 59.7 Å². The van der Waals surface area contributed by atoms with Gasteiger partial charge in [0.25, 0.3) is 0 Å². The summed E-state index contributed by atoms with van der Waals surface area (Å²) in [5.74, 6) is 0.951. The molecule has 5 heteroatoms. The van der Waals surface area contributed by atoms with Crippen molar-refractivity contribution in [3.8, 4) is 11.5 Å². The number of rotatable bonds is 7. The molecule has 5 nitrogen and oxygen atoms in total. The Hall–Kier alpha value is -4.12. The molecule has 1 saturated heterocycles. The lowest BCUT2D eigenvalue weighted by Gasteiger charge is -2.23. The molecule has 5 rings (SSSR count). The number of aryl methyl sites for hydroxylation is 2. The quantitative estimate of drug-likeness (QED) is 0.320. The van der Waals surface area contributed by atoms with Crippen LogP contribution in [-0.4, -0.2) is 18.4 Å². The molecule has 0 aromatic heterocycles. The highest BCUT2D eigenvalue weighted by Crippen LogP contribution is 2.33. The van der Waals surface area contributed by atoms with E-state index < -0.39 is 5.92 Å². The first-order valence-electron chi connectivity index (χ1n) is 12.5. The van der Waals surface area contributed by atoms with Crippen molar-refractivity contribution in [2.75, 3.05) is 16.8 Å². The molecule has 1 aliphatic rings. The van der Waals surface area contributed by atoms with Crippen molar-refractivity contribution in [1.82, 2.24) is 0 Å². The summed E-state index contributed by atoms with van der Waals surface area (Å²) < 4.78 is 6.11. The van der Waals surface area contributed by atoms with Crippen molar-refractivity contribution in [2.24, 2.45) is 5.92 Å². The van der Waals surface area contributed by atoms with Crippen molar-refractivity contribution in [3.05, 3.63) is 96.1 Å². The third kappa shape index (κ3) is 4.69. The summed E-state index contributed by atoms with van der Waals surface area (Å²) in [4.78, 5) is 27.8. The topological polar surface area (TPSA) is 58.6 Å². The number of nitrogens with zero attached hydrogens (tertiary/aromatic N) is 1. The van der Waals surface area contributed by atoms with Gasteiger partial charge in [-0.2, -0.15) is 0 Å². The van der Waals surface area contributed by atoms with Crippen LogP contribution in [0.15, 0.2) is 84.9 Å². The van der Waals surface area contributed by atoms with Crippen LogP contribution in [0.25, 0.3) is 10.8 Å². The second-order valence-electron chi connectivity index (χ2n) is 9.13. The van der Waals surface area contributed by atoms with E-state index in [2.05, 4.69) is 43.4 Å². The number of anilines is 2. The summed E-state index contributed by atoms with van der Waals surface area (Å²) in [6.07, 6.45) is 1.91. The molecule has 1 fully saturated rings. The van der Waals surface area contributed by atoms with Gasteiger partial charge in [-0.15, -0.1) is 0 Å². The molecule has 0 spiro atoms. The molecular formula is C31H30N2O3. The molecule has 1 N–H and O–H groups in total. The first kappa shape index (κ1) is 23.6. The zero-order valence-electron chi connectivity index (χ0n) is 20.7. The number of ether oxygens (including phenoxy) is 1. The van der Waals surface area contributed by atoms with Gasteiger partial charge >= 0.3 is 0 Å². The molecule has 0 saturated carbocycles. The SMILES string of the molecule is CCc1cccc(CC)c1N1C[C@@H](C(=O)Nc2ccc(Oc3cccc4ccccc34)cc2)CC1=O. The van der Waals surface area contributed by atoms with E-state index in [1.54, 1.807) is 0 Å². The third-order valence-electron chi connectivity index (χ3n) is 6.83. The Morgan fingerprint density at radius 3 is 2.28 bits per heavy atom. The Bertz CT molecular complexity index is 1380. The average Bonchev–Trinajstić information content (AvgIpc) is 3.30. The Balaban J connectivity index is 1.26. The molecule has 4 aromatic rings. The predicted molar refractivity (Wildman–Crippen MR) is 145 cm³/mol. The van der Waals surface area contributed by atoms with Crippen LogP contribution in [-0.2, 0) is 22.4 Å². The largest absolute Gasteiger partial charge is 0.457 e. The highest BCUT2D eigenvalue weighted by molar-refractivity contribution is 6.04. The molecule has 182 valence electrons. The third-order valence-corrected chi connectivity index (χ3v) is 6.83.